The molecule has 0 saturated carbocycles. The molecule has 2 nitrogen and oxygen atoms in total. The molecule has 0 radical (unpaired) electrons. The van der Waals surface area contributed by atoms with Crippen molar-refractivity contribution in [2.24, 2.45) is 5.73 Å². The summed E-state index contributed by atoms with van der Waals surface area (Å²) in [6.07, 6.45) is 1.98. The molecule has 1 heterocycles. The van der Waals surface area contributed by atoms with Crippen LogP contribution in [0.4, 0.5) is 4.39 Å². The fraction of sp³-hybridized carbons (Fsp3) is 0.500. The molecule has 1 fully saturated rings. The van der Waals surface area contributed by atoms with Crippen LogP contribution in [0.2, 0.25) is 5.02 Å². The molecule has 0 aromatic heterocycles. The molecule has 1 aromatic rings. The van der Waals surface area contributed by atoms with Crippen LogP contribution in [-0.2, 0) is 6.54 Å². The third-order valence-electron chi connectivity index (χ3n) is 3.03. The van der Waals surface area contributed by atoms with E-state index in [1.54, 1.807) is 12.1 Å². The number of piperidine rings is 1. The molecule has 16 heavy (non-hydrogen) atoms. The van der Waals surface area contributed by atoms with Crippen molar-refractivity contribution in [1.82, 2.24) is 4.90 Å². The van der Waals surface area contributed by atoms with Gasteiger partial charge < -0.3 is 5.73 Å². The van der Waals surface area contributed by atoms with Crippen LogP contribution < -0.4 is 5.73 Å². The first-order chi connectivity index (χ1) is 7.65. The molecule has 0 spiro atoms. The maximum absolute atomic E-state index is 13.5. The molecule has 1 aliphatic rings. The van der Waals surface area contributed by atoms with Gasteiger partial charge in [0, 0.05) is 23.2 Å². The fourth-order valence-electron chi connectivity index (χ4n) is 2.02. The largest absolute Gasteiger partial charge is 0.328 e. The quantitative estimate of drug-likeness (QED) is 0.863. The number of benzene rings is 1. The van der Waals surface area contributed by atoms with Gasteiger partial charge in [0.25, 0.3) is 0 Å². The highest BCUT2D eigenvalue weighted by molar-refractivity contribution is 6.30. The number of rotatable bonds is 2. The second kappa shape index (κ2) is 5.13. The summed E-state index contributed by atoms with van der Waals surface area (Å²) in [6.45, 7) is 2.50. The van der Waals surface area contributed by atoms with Crippen molar-refractivity contribution < 1.29 is 4.39 Å². The summed E-state index contributed by atoms with van der Waals surface area (Å²) in [6, 6.07) is 5.01. The van der Waals surface area contributed by atoms with Gasteiger partial charge in [-0.1, -0.05) is 11.6 Å². The van der Waals surface area contributed by atoms with Crippen molar-refractivity contribution >= 4 is 11.6 Å². The topological polar surface area (TPSA) is 29.3 Å². The van der Waals surface area contributed by atoms with Crippen LogP contribution in [0.5, 0.6) is 0 Å². The van der Waals surface area contributed by atoms with Gasteiger partial charge in [0.15, 0.2) is 0 Å². The summed E-state index contributed by atoms with van der Waals surface area (Å²) in [5.74, 6) is -0.181. The second-order valence-corrected chi connectivity index (χ2v) is 4.79. The molecule has 2 N–H and O–H groups in total. The van der Waals surface area contributed by atoms with Crippen molar-refractivity contribution in [1.29, 1.82) is 0 Å². The first kappa shape index (κ1) is 11.8. The minimum atomic E-state index is -0.181. The van der Waals surface area contributed by atoms with E-state index in [1.165, 1.54) is 6.07 Å². The molecule has 4 heteroatoms. The van der Waals surface area contributed by atoms with E-state index in [-0.39, 0.29) is 5.82 Å². The highest BCUT2D eigenvalue weighted by Gasteiger charge is 2.17. The lowest BCUT2D eigenvalue weighted by atomic mass is 10.1. The second-order valence-electron chi connectivity index (χ2n) is 4.35. The normalized spacial score (nSPS) is 18.9. The Kier molecular flexibility index (Phi) is 3.79. The Labute approximate surface area is 100 Å². The van der Waals surface area contributed by atoms with Crippen LogP contribution in [0.25, 0.3) is 0 Å². The van der Waals surface area contributed by atoms with Crippen molar-refractivity contribution in [3.63, 3.8) is 0 Å². The number of halogens is 2. The minimum Gasteiger partial charge on any atom is -0.328 e. The Morgan fingerprint density at radius 1 is 1.38 bits per heavy atom. The molecule has 1 aromatic carbocycles. The number of nitrogens with two attached hydrogens (primary N) is 1. The van der Waals surface area contributed by atoms with Gasteiger partial charge in [-0.3, -0.25) is 4.90 Å². The third kappa shape index (κ3) is 2.94. The van der Waals surface area contributed by atoms with Crippen LogP contribution in [-0.4, -0.2) is 24.0 Å². The average molecular weight is 243 g/mol. The summed E-state index contributed by atoms with van der Waals surface area (Å²) in [5.41, 5.74) is 6.49. The predicted octanol–water partition coefficient (Wildman–Crippen LogP) is 2.40. The molecule has 1 aliphatic heterocycles. The molecule has 0 bridgehead atoms. The lowest BCUT2D eigenvalue weighted by Gasteiger charge is -2.30. The smallest absolute Gasteiger partial charge is 0.127 e. The lowest BCUT2D eigenvalue weighted by Crippen LogP contribution is -2.39. The van der Waals surface area contributed by atoms with E-state index in [0.717, 1.165) is 25.9 Å². The van der Waals surface area contributed by atoms with Gasteiger partial charge in [0.05, 0.1) is 0 Å². The first-order valence-electron chi connectivity index (χ1n) is 5.57. The monoisotopic (exact) mass is 242 g/mol. The van der Waals surface area contributed by atoms with Crippen molar-refractivity contribution in [2.45, 2.75) is 25.4 Å². The molecule has 0 amide bonds. The van der Waals surface area contributed by atoms with Crippen LogP contribution in [0.3, 0.4) is 0 Å². The standard InChI is InChI=1S/C12H16ClFN2/c13-10-1-2-12(14)9(7-10)8-16-5-3-11(15)4-6-16/h1-2,7,11H,3-6,8,15H2. The zero-order chi connectivity index (χ0) is 11.5. The van der Waals surface area contributed by atoms with Gasteiger partial charge in [0.2, 0.25) is 0 Å². The van der Waals surface area contributed by atoms with Crippen LogP contribution >= 0.6 is 11.6 Å². The van der Waals surface area contributed by atoms with E-state index >= 15 is 0 Å². The van der Waals surface area contributed by atoms with Crippen molar-refractivity contribution in [3.05, 3.63) is 34.6 Å². The Balaban J connectivity index is 2.00. The number of hydrogen-bond donors (Lipinski definition) is 1. The van der Waals surface area contributed by atoms with Gasteiger partial charge in [-0.25, -0.2) is 4.39 Å². The van der Waals surface area contributed by atoms with Crippen molar-refractivity contribution in [2.75, 3.05) is 13.1 Å². The molecule has 0 aliphatic carbocycles. The predicted molar refractivity (Wildman–Crippen MR) is 63.9 cm³/mol. The molecule has 88 valence electrons. The van der Waals surface area contributed by atoms with Crippen LogP contribution in [0.15, 0.2) is 18.2 Å². The van der Waals surface area contributed by atoms with Gasteiger partial charge >= 0.3 is 0 Å². The van der Waals surface area contributed by atoms with E-state index in [2.05, 4.69) is 4.90 Å². The summed E-state index contributed by atoms with van der Waals surface area (Å²) in [5, 5.41) is 0.588. The zero-order valence-electron chi connectivity index (χ0n) is 9.13. The number of nitrogens with zero attached hydrogens (tertiary/aromatic N) is 1. The summed E-state index contributed by atoms with van der Waals surface area (Å²) < 4.78 is 13.5. The zero-order valence-corrected chi connectivity index (χ0v) is 9.88. The molecular formula is C12H16ClFN2. The van der Waals surface area contributed by atoms with E-state index < -0.39 is 0 Å². The van der Waals surface area contributed by atoms with Crippen molar-refractivity contribution in [3.8, 4) is 0 Å². The van der Waals surface area contributed by atoms with E-state index in [1.807, 2.05) is 0 Å². The fourth-order valence-corrected chi connectivity index (χ4v) is 2.21. The Hall–Kier alpha value is -0.640. The molecular weight excluding hydrogens is 227 g/mol. The van der Waals surface area contributed by atoms with Gasteiger partial charge in [-0.15, -0.1) is 0 Å². The molecule has 1 saturated heterocycles. The summed E-state index contributed by atoms with van der Waals surface area (Å²) >= 11 is 5.85. The SMILES string of the molecule is NC1CCN(Cc2cc(Cl)ccc2F)CC1. The van der Waals surface area contributed by atoms with E-state index in [0.29, 0.717) is 23.2 Å². The van der Waals surface area contributed by atoms with E-state index in [4.69, 9.17) is 17.3 Å². The summed E-state index contributed by atoms with van der Waals surface area (Å²) in [7, 11) is 0. The average Bonchev–Trinajstić information content (AvgIpc) is 2.27. The third-order valence-corrected chi connectivity index (χ3v) is 3.27. The maximum atomic E-state index is 13.5. The highest BCUT2D eigenvalue weighted by atomic mass is 35.5. The minimum absolute atomic E-state index is 0.181. The molecule has 2 rings (SSSR count). The van der Waals surface area contributed by atoms with Gasteiger partial charge in [-0.05, 0) is 44.1 Å². The van der Waals surface area contributed by atoms with Gasteiger partial charge in [0.1, 0.15) is 5.82 Å². The number of likely N-dealkylation sites (tertiary alicyclic amines) is 1. The maximum Gasteiger partial charge on any atom is 0.127 e. The molecule has 0 atom stereocenters. The van der Waals surface area contributed by atoms with Crippen LogP contribution in [0.1, 0.15) is 18.4 Å². The molecule has 0 unspecified atom stereocenters. The van der Waals surface area contributed by atoms with E-state index in [9.17, 15) is 4.39 Å². The van der Waals surface area contributed by atoms with Gasteiger partial charge in [-0.2, -0.15) is 0 Å². The highest BCUT2D eigenvalue weighted by Crippen LogP contribution is 2.18. The lowest BCUT2D eigenvalue weighted by molar-refractivity contribution is 0.203. The first-order valence-corrected chi connectivity index (χ1v) is 5.95. The Bertz CT molecular complexity index is 362. The number of hydrogen-bond acceptors (Lipinski definition) is 2. The Morgan fingerprint density at radius 2 is 2.06 bits per heavy atom. The Morgan fingerprint density at radius 3 is 2.75 bits per heavy atom. The van der Waals surface area contributed by atoms with Crippen LogP contribution in [0, 0.1) is 5.82 Å². The summed E-state index contributed by atoms with van der Waals surface area (Å²) in [4.78, 5) is 2.22.